The molecule has 0 radical (unpaired) electrons. The van der Waals surface area contributed by atoms with E-state index < -0.39 is 26.8 Å². The van der Waals surface area contributed by atoms with Crippen molar-refractivity contribution in [3.63, 3.8) is 0 Å². The smallest absolute Gasteiger partial charge is 0.342 e. The molecular weight excluding hydrogens is 296 g/mol. The lowest BCUT2D eigenvalue weighted by molar-refractivity contribution is -0.204. The van der Waals surface area contributed by atoms with Gasteiger partial charge in [-0.1, -0.05) is 18.6 Å². The zero-order chi connectivity index (χ0) is 15.5. The van der Waals surface area contributed by atoms with Crippen LogP contribution in [0.3, 0.4) is 0 Å². The summed E-state index contributed by atoms with van der Waals surface area (Å²) in [6.07, 6.45) is 3.94. The maximum absolute atomic E-state index is 12.3. The summed E-state index contributed by atoms with van der Waals surface area (Å²) < 4.78 is 42.6. The van der Waals surface area contributed by atoms with Gasteiger partial charge in [-0.15, -0.1) is 0 Å². The van der Waals surface area contributed by atoms with Crippen LogP contribution in [-0.2, 0) is 19.6 Å². The maximum Gasteiger partial charge on any atom is 0.342 e. The van der Waals surface area contributed by atoms with Gasteiger partial charge < -0.3 is 9.47 Å². The molecule has 0 heterocycles. The van der Waals surface area contributed by atoms with E-state index in [-0.39, 0.29) is 5.56 Å². The molecule has 0 aliphatic heterocycles. The molecule has 1 saturated carbocycles. The van der Waals surface area contributed by atoms with Crippen LogP contribution >= 0.6 is 0 Å². The Bertz CT molecular complexity index is 616. The summed E-state index contributed by atoms with van der Waals surface area (Å²) in [5.74, 6) is -1.83. The van der Waals surface area contributed by atoms with Gasteiger partial charge in [0.15, 0.2) is 0 Å². The largest absolute Gasteiger partial charge is 0.429 e. The van der Waals surface area contributed by atoms with E-state index in [0.29, 0.717) is 12.8 Å². The fourth-order valence-electron chi connectivity index (χ4n) is 2.52. The lowest BCUT2D eigenvalue weighted by Crippen LogP contribution is -2.39. The predicted octanol–water partition coefficient (Wildman–Crippen LogP) is 2.40. The first-order valence-electron chi connectivity index (χ1n) is 6.73. The molecule has 0 spiro atoms. The summed E-state index contributed by atoms with van der Waals surface area (Å²) in [7, 11) is -3.02. The molecule has 7 heteroatoms. The molecule has 1 N–H and O–H groups in total. The molecule has 0 aromatic heterocycles. The molecule has 1 aromatic carbocycles. The highest BCUT2D eigenvalue weighted by atomic mass is 32.2. The van der Waals surface area contributed by atoms with Crippen LogP contribution in [0.15, 0.2) is 29.2 Å². The van der Waals surface area contributed by atoms with Crippen molar-refractivity contribution in [1.82, 2.24) is 0 Å². The third kappa shape index (κ3) is 3.61. The van der Waals surface area contributed by atoms with Crippen molar-refractivity contribution < 1.29 is 27.2 Å². The fourth-order valence-corrected chi connectivity index (χ4v) is 3.20. The number of ether oxygens (including phenoxy) is 2. The lowest BCUT2D eigenvalue weighted by atomic mass is 9.94. The monoisotopic (exact) mass is 314 g/mol. The van der Waals surface area contributed by atoms with Crippen LogP contribution in [0.25, 0.3) is 0 Å². The number of rotatable bonds is 4. The molecule has 0 saturated heterocycles. The van der Waals surface area contributed by atoms with Crippen molar-refractivity contribution >= 4 is 16.1 Å². The molecule has 0 atom stereocenters. The second-order valence-corrected chi connectivity index (χ2v) is 6.43. The molecule has 1 aliphatic rings. The highest BCUT2D eigenvalue weighted by Crippen LogP contribution is 2.33. The van der Waals surface area contributed by atoms with Crippen LogP contribution in [0.1, 0.15) is 42.5 Å². The SMILES string of the molecule is COC1(OC(=O)c2ccccc2S(=O)(=O)O)CCCCC1. The molecule has 0 bridgehead atoms. The van der Waals surface area contributed by atoms with Crippen LogP contribution in [0.2, 0.25) is 0 Å². The number of hydrogen-bond donors (Lipinski definition) is 1. The van der Waals surface area contributed by atoms with Gasteiger partial charge in [-0.25, -0.2) is 4.79 Å². The topological polar surface area (TPSA) is 89.9 Å². The minimum Gasteiger partial charge on any atom is -0.429 e. The summed E-state index contributed by atoms with van der Waals surface area (Å²) in [6.45, 7) is 0. The van der Waals surface area contributed by atoms with Crippen LogP contribution < -0.4 is 0 Å². The molecule has 0 amide bonds. The number of esters is 1. The Morgan fingerprint density at radius 1 is 1.19 bits per heavy atom. The summed E-state index contributed by atoms with van der Waals surface area (Å²) in [6, 6.07) is 5.39. The Balaban J connectivity index is 2.29. The zero-order valence-corrected chi connectivity index (χ0v) is 12.6. The molecule has 1 aliphatic carbocycles. The third-order valence-corrected chi connectivity index (χ3v) is 4.56. The molecule has 6 nitrogen and oxygen atoms in total. The molecule has 21 heavy (non-hydrogen) atoms. The minimum atomic E-state index is -4.49. The number of hydrogen-bond acceptors (Lipinski definition) is 5. The highest BCUT2D eigenvalue weighted by molar-refractivity contribution is 7.86. The minimum absolute atomic E-state index is 0.193. The van der Waals surface area contributed by atoms with Gasteiger partial charge in [0.25, 0.3) is 10.1 Å². The molecule has 0 unspecified atom stereocenters. The summed E-state index contributed by atoms with van der Waals surface area (Å²) in [4.78, 5) is 11.8. The summed E-state index contributed by atoms with van der Waals surface area (Å²) >= 11 is 0. The van der Waals surface area contributed by atoms with Crippen molar-refractivity contribution in [3.05, 3.63) is 29.8 Å². The molecular formula is C14H18O6S. The van der Waals surface area contributed by atoms with Gasteiger partial charge in [-0.3, -0.25) is 4.55 Å². The lowest BCUT2D eigenvalue weighted by Gasteiger charge is -2.35. The summed E-state index contributed by atoms with van der Waals surface area (Å²) in [5.41, 5.74) is -0.193. The first-order chi connectivity index (χ1) is 9.88. The fraction of sp³-hybridized carbons (Fsp3) is 0.500. The van der Waals surface area contributed by atoms with Gasteiger partial charge in [-0.05, 0) is 25.0 Å². The van der Waals surface area contributed by atoms with E-state index in [4.69, 9.17) is 9.47 Å². The normalized spacial score (nSPS) is 18.2. The highest BCUT2D eigenvalue weighted by Gasteiger charge is 2.37. The van der Waals surface area contributed by atoms with Crippen LogP contribution in [-0.4, -0.2) is 31.8 Å². The van der Waals surface area contributed by atoms with Crippen molar-refractivity contribution in [1.29, 1.82) is 0 Å². The first kappa shape index (κ1) is 15.9. The van der Waals surface area contributed by atoms with E-state index in [1.807, 2.05) is 0 Å². The molecule has 2 rings (SSSR count). The van der Waals surface area contributed by atoms with Gasteiger partial charge in [0.2, 0.25) is 5.79 Å². The zero-order valence-electron chi connectivity index (χ0n) is 11.7. The van der Waals surface area contributed by atoms with E-state index in [1.165, 1.54) is 25.3 Å². The Kier molecular flexibility index (Phi) is 4.65. The Hall–Kier alpha value is -1.44. The predicted molar refractivity (Wildman–Crippen MR) is 74.5 cm³/mol. The van der Waals surface area contributed by atoms with Gasteiger partial charge in [-0.2, -0.15) is 8.42 Å². The summed E-state index contributed by atoms with van der Waals surface area (Å²) in [5, 5.41) is 0. The van der Waals surface area contributed by atoms with Crippen LogP contribution in [0.4, 0.5) is 0 Å². The maximum atomic E-state index is 12.3. The number of carbonyl (C=O) groups excluding carboxylic acids is 1. The Morgan fingerprint density at radius 3 is 2.38 bits per heavy atom. The van der Waals surface area contributed by atoms with Crippen molar-refractivity contribution in [2.45, 2.75) is 42.8 Å². The van der Waals surface area contributed by atoms with Crippen molar-refractivity contribution in [3.8, 4) is 0 Å². The van der Waals surface area contributed by atoms with Gasteiger partial charge in [0.1, 0.15) is 4.90 Å². The quantitative estimate of drug-likeness (QED) is 0.521. The average molecular weight is 314 g/mol. The first-order valence-corrected chi connectivity index (χ1v) is 8.17. The molecule has 116 valence electrons. The number of carbonyl (C=O) groups is 1. The van der Waals surface area contributed by atoms with Crippen molar-refractivity contribution in [2.24, 2.45) is 0 Å². The van der Waals surface area contributed by atoms with Gasteiger partial charge in [0, 0.05) is 20.0 Å². The van der Waals surface area contributed by atoms with Gasteiger partial charge >= 0.3 is 5.97 Å². The van der Waals surface area contributed by atoms with E-state index in [1.54, 1.807) is 0 Å². The Morgan fingerprint density at radius 2 is 1.81 bits per heavy atom. The van der Waals surface area contributed by atoms with E-state index in [9.17, 15) is 17.8 Å². The molecule has 1 aromatic rings. The van der Waals surface area contributed by atoms with E-state index in [2.05, 4.69) is 0 Å². The number of benzene rings is 1. The van der Waals surface area contributed by atoms with Crippen LogP contribution in [0.5, 0.6) is 0 Å². The van der Waals surface area contributed by atoms with E-state index in [0.717, 1.165) is 25.3 Å². The second kappa shape index (κ2) is 6.13. The van der Waals surface area contributed by atoms with Gasteiger partial charge in [0.05, 0.1) is 5.56 Å². The average Bonchev–Trinajstić information content (AvgIpc) is 2.47. The Labute approximate surface area is 123 Å². The van der Waals surface area contributed by atoms with E-state index >= 15 is 0 Å². The second-order valence-electron chi connectivity index (χ2n) is 5.04. The van der Waals surface area contributed by atoms with Crippen molar-refractivity contribution in [2.75, 3.05) is 7.11 Å². The third-order valence-electron chi connectivity index (χ3n) is 3.65. The standard InChI is InChI=1S/C14H18O6S/c1-19-14(9-5-2-6-10-14)20-13(15)11-7-3-4-8-12(11)21(16,17)18/h3-4,7-8H,2,5-6,9-10H2,1H3,(H,16,17,18). The molecule has 1 fully saturated rings. The number of methoxy groups -OCH3 is 1. The van der Waals surface area contributed by atoms with Crippen LogP contribution in [0, 0.1) is 0 Å².